The van der Waals surface area contributed by atoms with Gasteiger partial charge in [0.15, 0.2) is 0 Å². The number of hydrogen-bond donors (Lipinski definition) is 2. The molecule has 1 aromatic carbocycles. The number of pyridine rings is 1. The molecule has 0 fully saturated rings. The third-order valence-corrected chi connectivity index (χ3v) is 3.40. The summed E-state index contributed by atoms with van der Waals surface area (Å²) in [7, 11) is 1.59. The molecular weight excluding hydrogens is 334 g/mol. The predicted molar refractivity (Wildman–Crippen MR) is 87.0 cm³/mol. The van der Waals surface area contributed by atoms with Crippen LogP contribution in [-0.2, 0) is 0 Å². The Morgan fingerprint density at radius 1 is 1.29 bits per heavy atom. The molecule has 5 nitrogen and oxygen atoms in total. The van der Waals surface area contributed by atoms with Crippen LogP contribution in [0.15, 0.2) is 41.0 Å². The van der Waals surface area contributed by atoms with Crippen LogP contribution in [0.25, 0.3) is 0 Å². The van der Waals surface area contributed by atoms with Crippen LogP contribution in [0.5, 0.6) is 5.75 Å². The van der Waals surface area contributed by atoms with E-state index >= 15 is 0 Å². The number of amides is 1. The number of nitrogens with zero attached hydrogens (tertiary/aromatic N) is 1. The van der Waals surface area contributed by atoms with E-state index in [4.69, 9.17) is 4.74 Å². The topological polar surface area (TPSA) is 63.2 Å². The molecule has 1 heterocycles. The van der Waals surface area contributed by atoms with Crippen LogP contribution < -0.4 is 15.4 Å². The first kappa shape index (κ1) is 15.3. The molecule has 1 amide bonds. The molecule has 2 rings (SSSR count). The molecule has 0 aliphatic carbocycles. The molecule has 0 bridgehead atoms. The summed E-state index contributed by atoms with van der Waals surface area (Å²) in [5, 5.41) is 5.95. The smallest absolute Gasteiger partial charge is 0.274 e. The zero-order valence-electron chi connectivity index (χ0n) is 11.8. The second kappa shape index (κ2) is 7.08. The van der Waals surface area contributed by atoms with Crippen molar-refractivity contribution in [1.29, 1.82) is 0 Å². The van der Waals surface area contributed by atoms with Gasteiger partial charge in [0.2, 0.25) is 0 Å². The molecule has 0 aliphatic heterocycles. The minimum absolute atomic E-state index is 0.258. The molecule has 0 saturated carbocycles. The number of carbonyl (C=O) groups is 1. The summed E-state index contributed by atoms with van der Waals surface area (Å²) in [6, 6.07) is 8.88. The number of benzene rings is 1. The summed E-state index contributed by atoms with van der Waals surface area (Å²) in [5.74, 6) is 0.451. The van der Waals surface area contributed by atoms with Gasteiger partial charge in [-0.05, 0) is 53.2 Å². The van der Waals surface area contributed by atoms with Crippen LogP contribution in [0, 0.1) is 0 Å². The van der Waals surface area contributed by atoms with E-state index in [0.717, 1.165) is 16.7 Å². The molecule has 21 heavy (non-hydrogen) atoms. The zero-order chi connectivity index (χ0) is 15.2. The average Bonchev–Trinajstić information content (AvgIpc) is 2.48. The van der Waals surface area contributed by atoms with Gasteiger partial charge in [-0.3, -0.25) is 9.78 Å². The van der Waals surface area contributed by atoms with E-state index in [1.807, 2.05) is 13.0 Å². The maximum atomic E-state index is 12.2. The van der Waals surface area contributed by atoms with Gasteiger partial charge in [0.1, 0.15) is 11.4 Å². The van der Waals surface area contributed by atoms with Crippen LogP contribution in [0.4, 0.5) is 11.4 Å². The van der Waals surface area contributed by atoms with Crippen molar-refractivity contribution in [3.63, 3.8) is 0 Å². The first-order chi connectivity index (χ1) is 10.1. The molecule has 0 atom stereocenters. The minimum atomic E-state index is -0.258. The van der Waals surface area contributed by atoms with Gasteiger partial charge in [0.25, 0.3) is 5.91 Å². The van der Waals surface area contributed by atoms with Gasteiger partial charge in [-0.2, -0.15) is 0 Å². The Balaban J connectivity index is 2.14. The Morgan fingerprint density at radius 2 is 2.10 bits per heavy atom. The second-order valence-corrected chi connectivity index (χ2v) is 5.12. The SMILES string of the molecule is CCNc1ccnc(C(=O)Nc2ccc(OC)c(Br)c2)c1. The summed E-state index contributed by atoms with van der Waals surface area (Å²) in [5.41, 5.74) is 1.90. The predicted octanol–water partition coefficient (Wildman–Crippen LogP) is 3.54. The van der Waals surface area contributed by atoms with Gasteiger partial charge in [0.05, 0.1) is 11.6 Å². The van der Waals surface area contributed by atoms with E-state index in [0.29, 0.717) is 17.1 Å². The Bertz CT molecular complexity index is 647. The summed E-state index contributed by atoms with van der Waals surface area (Å²) >= 11 is 3.38. The lowest BCUT2D eigenvalue weighted by atomic mass is 10.2. The van der Waals surface area contributed by atoms with E-state index in [1.165, 1.54) is 0 Å². The number of carbonyl (C=O) groups excluding carboxylic acids is 1. The van der Waals surface area contributed by atoms with Crippen molar-refractivity contribution in [2.45, 2.75) is 6.92 Å². The Morgan fingerprint density at radius 3 is 2.76 bits per heavy atom. The Kier molecular flexibility index (Phi) is 5.16. The highest BCUT2D eigenvalue weighted by atomic mass is 79.9. The fourth-order valence-electron chi connectivity index (χ4n) is 1.81. The van der Waals surface area contributed by atoms with Gasteiger partial charge in [-0.25, -0.2) is 0 Å². The third-order valence-electron chi connectivity index (χ3n) is 2.78. The molecule has 2 N–H and O–H groups in total. The molecule has 0 unspecified atom stereocenters. The van der Waals surface area contributed by atoms with E-state index in [-0.39, 0.29) is 5.91 Å². The van der Waals surface area contributed by atoms with E-state index in [9.17, 15) is 4.79 Å². The molecule has 0 radical (unpaired) electrons. The minimum Gasteiger partial charge on any atom is -0.496 e. The standard InChI is InChI=1S/C15H16BrN3O2/c1-3-17-10-6-7-18-13(9-10)15(20)19-11-4-5-14(21-2)12(16)8-11/h4-9H,3H2,1-2H3,(H,17,18)(H,19,20). The van der Waals surface area contributed by atoms with E-state index < -0.39 is 0 Å². The highest BCUT2D eigenvalue weighted by molar-refractivity contribution is 9.10. The van der Waals surface area contributed by atoms with Gasteiger partial charge < -0.3 is 15.4 Å². The van der Waals surface area contributed by atoms with Crippen LogP contribution in [-0.4, -0.2) is 24.5 Å². The third kappa shape index (κ3) is 3.95. The molecule has 0 aliphatic rings. The van der Waals surface area contributed by atoms with Crippen molar-refractivity contribution in [2.75, 3.05) is 24.3 Å². The van der Waals surface area contributed by atoms with Crippen molar-refractivity contribution in [2.24, 2.45) is 0 Å². The van der Waals surface area contributed by atoms with Gasteiger partial charge >= 0.3 is 0 Å². The molecule has 1 aromatic heterocycles. The van der Waals surface area contributed by atoms with E-state index in [1.54, 1.807) is 37.6 Å². The number of nitrogens with one attached hydrogen (secondary N) is 2. The Hall–Kier alpha value is -2.08. The van der Waals surface area contributed by atoms with Crippen LogP contribution in [0.1, 0.15) is 17.4 Å². The van der Waals surface area contributed by atoms with Crippen LogP contribution >= 0.6 is 15.9 Å². The van der Waals surface area contributed by atoms with Gasteiger partial charge in [-0.15, -0.1) is 0 Å². The quantitative estimate of drug-likeness (QED) is 0.866. The summed E-state index contributed by atoms with van der Waals surface area (Å²) in [6.07, 6.45) is 1.61. The maximum absolute atomic E-state index is 12.2. The highest BCUT2D eigenvalue weighted by Crippen LogP contribution is 2.27. The highest BCUT2D eigenvalue weighted by Gasteiger charge is 2.09. The lowest BCUT2D eigenvalue weighted by Gasteiger charge is -2.09. The number of rotatable bonds is 5. The van der Waals surface area contributed by atoms with Crippen LogP contribution in [0.3, 0.4) is 0 Å². The van der Waals surface area contributed by atoms with Crippen molar-refractivity contribution >= 4 is 33.2 Å². The fourth-order valence-corrected chi connectivity index (χ4v) is 2.35. The lowest BCUT2D eigenvalue weighted by Crippen LogP contribution is -2.14. The molecule has 2 aromatic rings. The number of aromatic nitrogens is 1. The molecular formula is C15H16BrN3O2. The lowest BCUT2D eigenvalue weighted by molar-refractivity contribution is 0.102. The molecule has 110 valence electrons. The number of anilines is 2. The maximum Gasteiger partial charge on any atom is 0.274 e. The van der Waals surface area contributed by atoms with Crippen molar-refractivity contribution in [3.05, 3.63) is 46.7 Å². The largest absolute Gasteiger partial charge is 0.496 e. The average molecular weight is 350 g/mol. The number of halogens is 1. The van der Waals surface area contributed by atoms with Crippen molar-refractivity contribution in [1.82, 2.24) is 4.98 Å². The van der Waals surface area contributed by atoms with Gasteiger partial charge in [-0.1, -0.05) is 0 Å². The van der Waals surface area contributed by atoms with Crippen molar-refractivity contribution in [3.8, 4) is 5.75 Å². The van der Waals surface area contributed by atoms with Crippen LogP contribution in [0.2, 0.25) is 0 Å². The molecule has 6 heteroatoms. The first-order valence-corrected chi connectivity index (χ1v) is 7.28. The monoisotopic (exact) mass is 349 g/mol. The number of hydrogen-bond acceptors (Lipinski definition) is 4. The first-order valence-electron chi connectivity index (χ1n) is 6.49. The second-order valence-electron chi connectivity index (χ2n) is 4.26. The number of ether oxygens (including phenoxy) is 1. The number of methoxy groups -OCH3 is 1. The van der Waals surface area contributed by atoms with Crippen molar-refractivity contribution < 1.29 is 9.53 Å². The zero-order valence-corrected chi connectivity index (χ0v) is 13.4. The molecule has 0 saturated heterocycles. The summed E-state index contributed by atoms with van der Waals surface area (Å²) < 4.78 is 5.93. The van der Waals surface area contributed by atoms with Gasteiger partial charge in [0, 0.05) is 24.1 Å². The molecule has 0 spiro atoms. The fraction of sp³-hybridized carbons (Fsp3) is 0.200. The normalized spacial score (nSPS) is 10.0. The van der Waals surface area contributed by atoms with E-state index in [2.05, 4.69) is 31.5 Å². The summed E-state index contributed by atoms with van der Waals surface area (Å²) in [6.45, 7) is 2.78. The summed E-state index contributed by atoms with van der Waals surface area (Å²) in [4.78, 5) is 16.3. The Labute approximate surface area is 131 Å².